The molecule has 4 unspecified atom stereocenters. The van der Waals surface area contributed by atoms with Gasteiger partial charge in [-0.2, -0.15) is 0 Å². The van der Waals surface area contributed by atoms with Gasteiger partial charge < -0.3 is 54.8 Å². The van der Waals surface area contributed by atoms with Crippen molar-refractivity contribution in [1.82, 2.24) is 16.0 Å². The van der Waals surface area contributed by atoms with E-state index in [1.165, 1.54) is 24.3 Å². The first kappa shape index (κ1) is 35.6. The van der Waals surface area contributed by atoms with E-state index in [4.69, 9.17) is 28.7 Å². The van der Waals surface area contributed by atoms with E-state index in [0.29, 0.717) is 24.9 Å². The van der Waals surface area contributed by atoms with E-state index in [1.54, 1.807) is 0 Å². The van der Waals surface area contributed by atoms with Crippen molar-refractivity contribution in [2.75, 3.05) is 13.1 Å². The van der Waals surface area contributed by atoms with Crippen LogP contribution in [-0.2, 0) is 30.4 Å². The predicted octanol–water partition coefficient (Wildman–Crippen LogP) is -2.75. The van der Waals surface area contributed by atoms with Crippen LogP contribution < -0.4 is 44.6 Å². The number of phenols is 1. The standard InChI is InChI=1S/C26H43N9O7/c27-12-2-1-4-18(33-22(38)17(28)10-11-21(29)37)23(39)34-19(5-3-13-32-26(30)31)24(40)35-20(25(41)42)14-15-6-8-16(36)9-7-15/h6-9,17-20,36H,1-5,10-14,27-28H2,(H2,29,37)(H,33,38)(H,34,39)(H,35,40)(H,41,42)(H4,30,31,32). The molecule has 4 atom stereocenters. The number of guanidine groups is 1. The van der Waals surface area contributed by atoms with Crippen LogP contribution >= 0.6 is 0 Å². The number of nitrogens with one attached hydrogen (secondary N) is 3. The predicted molar refractivity (Wildman–Crippen MR) is 154 cm³/mol. The van der Waals surface area contributed by atoms with Crippen LogP contribution in [0.2, 0.25) is 0 Å². The minimum absolute atomic E-state index is 0.000134. The third-order valence-electron chi connectivity index (χ3n) is 6.19. The van der Waals surface area contributed by atoms with Crippen molar-refractivity contribution >= 4 is 35.6 Å². The Morgan fingerprint density at radius 2 is 1.33 bits per heavy atom. The van der Waals surface area contributed by atoms with Crippen LogP contribution in [0, 0.1) is 0 Å². The largest absolute Gasteiger partial charge is 0.508 e. The van der Waals surface area contributed by atoms with Crippen LogP contribution in [0.15, 0.2) is 29.3 Å². The Morgan fingerprint density at radius 3 is 1.86 bits per heavy atom. The smallest absolute Gasteiger partial charge is 0.326 e. The maximum atomic E-state index is 13.3. The molecule has 0 bridgehead atoms. The molecule has 0 heterocycles. The van der Waals surface area contributed by atoms with Gasteiger partial charge in [0.1, 0.15) is 23.9 Å². The highest BCUT2D eigenvalue weighted by Crippen LogP contribution is 2.12. The number of amides is 4. The van der Waals surface area contributed by atoms with Gasteiger partial charge >= 0.3 is 5.97 Å². The zero-order valence-corrected chi connectivity index (χ0v) is 23.5. The number of aliphatic imine (C=N–C) groups is 1. The molecular weight excluding hydrogens is 550 g/mol. The van der Waals surface area contributed by atoms with Gasteiger partial charge in [0.2, 0.25) is 23.6 Å². The lowest BCUT2D eigenvalue weighted by Crippen LogP contribution is -2.57. The van der Waals surface area contributed by atoms with Crippen LogP contribution in [-0.4, -0.2) is 83.0 Å². The number of phenolic OH excluding ortho intramolecular Hbond substituents is 1. The highest BCUT2D eigenvalue weighted by molar-refractivity contribution is 5.94. The maximum absolute atomic E-state index is 13.3. The lowest BCUT2D eigenvalue weighted by Gasteiger charge is -2.25. The fourth-order valence-electron chi connectivity index (χ4n) is 3.85. The molecule has 4 amide bonds. The highest BCUT2D eigenvalue weighted by atomic mass is 16.4. The third kappa shape index (κ3) is 14.3. The fourth-order valence-corrected chi connectivity index (χ4v) is 3.85. The first-order valence-corrected chi connectivity index (χ1v) is 13.5. The number of aliphatic carboxylic acids is 1. The monoisotopic (exact) mass is 593 g/mol. The topological polar surface area (TPSA) is 304 Å². The summed E-state index contributed by atoms with van der Waals surface area (Å²) in [6.45, 7) is 0.497. The molecule has 16 nitrogen and oxygen atoms in total. The number of carboxylic acids is 1. The molecule has 0 spiro atoms. The third-order valence-corrected chi connectivity index (χ3v) is 6.19. The number of hydrogen-bond acceptors (Lipinski definition) is 9. The Labute approximate surface area is 243 Å². The van der Waals surface area contributed by atoms with Crippen molar-refractivity contribution in [3.05, 3.63) is 29.8 Å². The zero-order chi connectivity index (χ0) is 31.7. The molecule has 0 radical (unpaired) electrons. The number of carboxylic acid groups (broad SMARTS) is 1. The molecule has 42 heavy (non-hydrogen) atoms. The molecule has 16 heteroatoms. The van der Waals surface area contributed by atoms with E-state index in [-0.39, 0.29) is 56.8 Å². The molecule has 0 aliphatic heterocycles. The number of carbonyl (C=O) groups excluding carboxylic acids is 4. The van der Waals surface area contributed by atoms with E-state index in [0.717, 1.165) is 0 Å². The van der Waals surface area contributed by atoms with Gasteiger partial charge in [-0.25, -0.2) is 4.79 Å². The maximum Gasteiger partial charge on any atom is 0.326 e. The number of aromatic hydroxyl groups is 1. The van der Waals surface area contributed by atoms with E-state index in [9.17, 15) is 34.2 Å². The number of hydrogen-bond donors (Lipinski definition) is 10. The lowest BCUT2D eigenvalue weighted by atomic mass is 10.0. The second-order valence-electron chi connectivity index (χ2n) is 9.74. The normalized spacial score (nSPS) is 13.6. The van der Waals surface area contributed by atoms with Gasteiger partial charge in [-0.1, -0.05) is 12.1 Å². The van der Waals surface area contributed by atoms with Gasteiger partial charge in [-0.05, 0) is 62.8 Å². The summed E-state index contributed by atoms with van der Waals surface area (Å²) in [5.74, 6) is -4.25. The van der Waals surface area contributed by atoms with Crippen molar-refractivity contribution in [3.8, 4) is 5.75 Å². The molecule has 1 aromatic rings. The van der Waals surface area contributed by atoms with Gasteiger partial charge in [0.15, 0.2) is 5.96 Å². The number of primary amides is 1. The zero-order valence-electron chi connectivity index (χ0n) is 23.5. The number of benzene rings is 1. The molecule has 0 aromatic heterocycles. The number of unbranched alkanes of at least 4 members (excludes halogenated alkanes) is 1. The van der Waals surface area contributed by atoms with Gasteiger partial charge in [0, 0.05) is 19.4 Å². The summed E-state index contributed by atoms with van der Waals surface area (Å²) in [4.78, 5) is 66.0. The van der Waals surface area contributed by atoms with E-state index < -0.39 is 53.8 Å². The molecule has 0 saturated carbocycles. The Hall–Kier alpha value is -4.44. The molecule has 234 valence electrons. The summed E-state index contributed by atoms with van der Waals surface area (Å²) in [6, 6.07) is 1.08. The Morgan fingerprint density at radius 1 is 0.786 bits per heavy atom. The molecule has 0 saturated heterocycles. The fraction of sp³-hybridized carbons (Fsp3) is 0.538. The first-order chi connectivity index (χ1) is 19.8. The SMILES string of the molecule is NCCCCC(NC(=O)C(N)CCC(N)=O)C(=O)NC(CCCN=C(N)N)C(=O)NC(Cc1ccc(O)cc1)C(=O)O. The Bertz CT molecular complexity index is 1080. The van der Waals surface area contributed by atoms with Crippen molar-refractivity contribution in [1.29, 1.82) is 0 Å². The molecule has 1 aromatic carbocycles. The molecule has 0 aliphatic rings. The molecule has 1 rings (SSSR count). The van der Waals surface area contributed by atoms with E-state index in [1.807, 2.05) is 0 Å². The average molecular weight is 594 g/mol. The van der Waals surface area contributed by atoms with Crippen molar-refractivity contribution in [2.45, 2.75) is 75.5 Å². The van der Waals surface area contributed by atoms with Gasteiger partial charge in [-0.15, -0.1) is 0 Å². The lowest BCUT2D eigenvalue weighted by molar-refractivity contribution is -0.142. The van der Waals surface area contributed by atoms with Crippen molar-refractivity contribution < 1.29 is 34.2 Å². The molecule has 0 aliphatic carbocycles. The number of nitrogens with zero attached hydrogens (tertiary/aromatic N) is 1. The van der Waals surface area contributed by atoms with Crippen molar-refractivity contribution in [3.63, 3.8) is 0 Å². The summed E-state index contributed by atoms with van der Waals surface area (Å²) in [7, 11) is 0. The van der Waals surface area contributed by atoms with Crippen LogP contribution in [0.25, 0.3) is 0 Å². The second-order valence-corrected chi connectivity index (χ2v) is 9.74. The van der Waals surface area contributed by atoms with Crippen LogP contribution in [0.1, 0.15) is 50.5 Å². The Kier molecular flexibility index (Phi) is 15.9. The van der Waals surface area contributed by atoms with Crippen LogP contribution in [0.5, 0.6) is 5.75 Å². The second kappa shape index (κ2) is 18.8. The summed E-state index contributed by atoms with van der Waals surface area (Å²) < 4.78 is 0. The summed E-state index contributed by atoms with van der Waals surface area (Å²) in [5.41, 5.74) is 27.8. The first-order valence-electron chi connectivity index (χ1n) is 13.5. The molecule has 15 N–H and O–H groups in total. The Balaban J connectivity index is 3.08. The van der Waals surface area contributed by atoms with Gasteiger partial charge in [0.05, 0.1) is 6.04 Å². The minimum Gasteiger partial charge on any atom is -0.508 e. The minimum atomic E-state index is -1.34. The van der Waals surface area contributed by atoms with Crippen molar-refractivity contribution in [2.24, 2.45) is 33.7 Å². The summed E-state index contributed by atoms with van der Waals surface area (Å²) >= 11 is 0. The molecular formula is C26H43N9O7. The van der Waals surface area contributed by atoms with E-state index in [2.05, 4.69) is 20.9 Å². The van der Waals surface area contributed by atoms with Gasteiger partial charge in [0.25, 0.3) is 0 Å². The molecule has 0 fully saturated rings. The number of nitrogens with two attached hydrogens (primary N) is 5. The van der Waals surface area contributed by atoms with E-state index >= 15 is 0 Å². The van der Waals surface area contributed by atoms with Gasteiger partial charge in [-0.3, -0.25) is 24.2 Å². The number of carbonyl (C=O) groups is 5. The quantitative estimate of drug-likeness (QED) is 0.0419. The highest BCUT2D eigenvalue weighted by Gasteiger charge is 2.30. The van der Waals surface area contributed by atoms with Crippen LogP contribution in [0.3, 0.4) is 0 Å². The summed E-state index contributed by atoms with van der Waals surface area (Å²) in [6.07, 6.45) is 1.29. The average Bonchev–Trinajstić information content (AvgIpc) is 2.93. The number of rotatable bonds is 20. The summed E-state index contributed by atoms with van der Waals surface area (Å²) in [5, 5.41) is 26.8. The van der Waals surface area contributed by atoms with Crippen LogP contribution in [0.4, 0.5) is 0 Å².